The lowest BCUT2D eigenvalue weighted by molar-refractivity contribution is 0.527. The topological polar surface area (TPSA) is 25.2 Å². The van der Waals surface area contributed by atoms with Crippen LogP contribution in [0.4, 0.5) is 0 Å². The van der Waals surface area contributed by atoms with E-state index in [0.717, 1.165) is 22.8 Å². The first-order valence-corrected chi connectivity index (χ1v) is 6.66. The Morgan fingerprint density at radius 1 is 1.53 bits per heavy atom. The minimum atomic E-state index is 0.736. The molecule has 1 aliphatic carbocycles. The van der Waals surface area contributed by atoms with Crippen LogP contribution in [-0.2, 0) is 5.75 Å². The number of nitrogens with one attached hydrogen (secondary N) is 1. The lowest BCUT2D eigenvalue weighted by Gasteiger charge is -2.09. The molecule has 84 valence electrons. The molecule has 3 heteroatoms. The lowest BCUT2D eigenvalue weighted by Crippen LogP contribution is -2.21. The predicted molar refractivity (Wildman–Crippen MR) is 65.2 cm³/mol. The Bertz CT molecular complexity index is 310. The molecule has 2 unspecified atom stereocenters. The van der Waals surface area contributed by atoms with Crippen molar-refractivity contribution >= 4 is 11.8 Å². The van der Waals surface area contributed by atoms with Crippen molar-refractivity contribution in [3.63, 3.8) is 0 Å². The molecule has 0 amide bonds. The molecule has 1 N–H and O–H groups in total. The van der Waals surface area contributed by atoms with Crippen molar-refractivity contribution in [2.75, 3.05) is 7.05 Å². The quantitative estimate of drug-likeness (QED) is 0.853. The highest BCUT2D eigenvalue weighted by Gasteiger charge is 2.23. The Balaban J connectivity index is 1.77. The number of furan rings is 1. The van der Waals surface area contributed by atoms with Crippen molar-refractivity contribution in [1.29, 1.82) is 0 Å². The van der Waals surface area contributed by atoms with Crippen molar-refractivity contribution in [3.05, 3.63) is 23.7 Å². The van der Waals surface area contributed by atoms with Crippen LogP contribution in [0.3, 0.4) is 0 Å². The first-order valence-electron chi connectivity index (χ1n) is 5.61. The molecule has 0 aliphatic heterocycles. The predicted octanol–water partition coefficient (Wildman–Crippen LogP) is 2.96. The zero-order valence-electron chi connectivity index (χ0n) is 9.45. The largest absolute Gasteiger partial charge is 0.468 e. The molecule has 0 spiro atoms. The normalized spacial score (nSPS) is 26.0. The summed E-state index contributed by atoms with van der Waals surface area (Å²) in [4.78, 5) is 0. The smallest absolute Gasteiger partial charge is 0.116 e. The van der Waals surface area contributed by atoms with Gasteiger partial charge < -0.3 is 9.73 Å². The van der Waals surface area contributed by atoms with Crippen molar-refractivity contribution in [2.45, 2.75) is 43.2 Å². The van der Waals surface area contributed by atoms with E-state index in [9.17, 15) is 0 Å². The molecule has 1 saturated carbocycles. The third kappa shape index (κ3) is 2.79. The molecule has 1 aromatic heterocycles. The van der Waals surface area contributed by atoms with Gasteiger partial charge in [-0.15, -0.1) is 0 Å². The van der Waals surface area contributed by atoms with Gasteiger partial charge in [0.1, 0.15) is 5.76 Å². The molecular formula is C12H19NOS. The summed E-state index contributed by atoms with van der Waals surface area (Å²) in [6, 6.07) is 2.78. The minimum Gasteiger partial charge on any atom is -0.468 e. The first kappa shape index (κ1) is 11.1. The van der Waals surface area contributed by atoms with E-state index in [1.54, 1.807) is 6.26 Å². The highest BCUT2D eigenvalue weighted by molar-refractivity contribution is 7.99. The number of aryl methyl sites for hydroxylation is 1. The van der Waals surface area contributed by atoms with E-state index in [-0.39, 0.29) is 0 Å². The summed E-state index contributed by atoms with van der Waals surface area (Å²) in [7, 11) is 2.06. The van der Waals surface area contributed by atoms with Crippen LogP contribution in [0.25, 0.3) is 0 Å². The van der Waals surface area contributed by atoms with E-state index in [1.807, 2.05) is 17.8 Å². The average Bonchev–Trinajstić information content (AvgIpc) is 2.84. The highest BCUT2D eigenvalue weighted by Crippen LogP contribution is 2.32. The summed E-state index contributed by atoms with van der Waals surface area (Å²) in [5, 5.41) is 4.17. The van der Waals surface area contributed by atoms with Gasteiger partial charge >= 0.3 is 0 Å². The van der Waals surface area contributed by atoms with Gasteiger partial charge in [-0.3, -0.25) is 0 Å². The first-order chi connectivity index (χ1) is 7.29. The van der Waals surface area contributed by atoms with Crippen molar-refractivity contribution in [1.82, 2.24) is 5.32 Å². The molecule has 1 fully saturated rings. The molecular weight excluding hydrogens is 206 g/mol. The Morgan fingerprint density at radius 3 is 3.00 bits per heavy atom. The second-order valence-corrected chi connectivity index (χ2v) is 5.55. The summed E-state index contributed by atoms with van der Waals surface area (Å²) >= 11 is 2.04. The Morgan fingerprint density at radius 2 is 2.40 bits per heavy atom. The third-order valence-corrected chi connectivity index (χ3v) is 4.54. The maximum Gasteiger partial charge on any atom is 0.116 e. The summed E-state index contributed by atoms with van der Waals surface area (Å²) in [5.74, 6) is 2.17. The zero-order chi connectivity index (χ0) is 10.7. The van der Waals surface area contributed by atoms with Crippen LogP contribution in [-0.4, -0.2) is 18.3 Å². The summed E-state index contributed by atoms with van der Waals surface area (Å²) < 4.78 is 5.44. The van der Waals surface area contributed by atoms with E-state index in [4.69, 9.17) is 4.42 Å². The van der Waals surface area contributed by atoms with E-state index in [2.05, 4.69) is 19.3 Å². The molecule has 0 radical (unpaired) electrons. The molecule has 1 aromatic rings. The number of rotatable bonds is 4. The van der Waals surface area contributed by atoms with E-state index >= 15 is 0 Å². The fourth-order valence-corrected chi connectivity index (χ4v) is 3.45. The molecule has 1 aliphatic rings. The lowest BCUT2D eigenvalue weighted by atomic mass is 10.3. The molecule has 2 rings (SSSR count). The Hall–Kier alpha value is -0.410. The van der Waals surface area contributed by atoms with Gasteiger partial charge in [-0.05, 0) is 44.9 Å². The molecule has 2 atom stereocenters. The van der Waals surface area contributed by atoms with Gasteiger partial charge in [-0.25, -0.2) is 0 Å². The molecule has 0 bridgehead atoms. The van der Waals surface area contributed by atoms with Gasteiger partial charge in [0.05, 0.1) is 12.0 Å². The summed E-state index contributed by atoms with van der Waals surface area (Å²) in [6.07, 6.45) is 5.76. The fraction of sp³-hybridized carbons (Fsp3) is 0.667. The average molecular weight is 225 g/mol. The molecule has 2 nitrogen and oxygen atoms in total. The molecule has 1 heterocycles. The number of thioether (sulfide) groups is 1. The van der Waals surface area contributed by atoms with Crippen molar-refractivity contribution in [2.24, 2.45) is 0 Å². The minimum absolute atomic E-state index is 0.736. The van der Waals surface area contributed by atoms with Gasteiger partial charge in [0.15, 0.2) is 0 Å². The van der Waals surface area contributed by atoms with Crippen molar-refractivity contribution < 1.29 is 4.42 Å². The zero-order valence-corrected chi connectivity index (χ0v) is 10.3. The van der Waals surface area contributed by atoms with E-state index < -0.39 is 0 Å². The van der Waals surface area contributed by atoms with Gasteiger partial charge in [-0.2, -0.15) is 11.8 Å². The van der Waals surface area contributed by atoms with Crippen LogP contribution in [0.2, 0.25) is 0 Å². The van der Waals surface area contributed by atoms with Crippen LogP contribution in [0.5, 0.6) is 0 Å². The second kappa shape index (κ2) is 5.08. The van der Waals surface area contributed by atoms with Crippen LogP contribution in [0.1, 0.15) is 30.6 Å². The monoisotopic (exact) mass is 225 g/mol. The SMILES string of the molecule is CNC1CCC(SCc2occc2C)C1. The van der Waals surface area contributed by atoms with Crippen LogP contribution in [0, 0.1) is 6.92 Å². The van der Waals surface area contributed by atoms with Crippen LogP contribution < -0.4 is 5.32 Å². The van der Waals surface area contributed by atoms with Gasteiger partial charge in [-0.1, -0.05) is 0 Å². The molecule has 0 saturated heterocycles. The third-order valence-electron chi connectivity index (χ3n) is 3.21. The number of hydrogen-bond acceptors (Lipinski definition) is 3. The summed E-state index contributed by atoms with van der Waals surface area (Å²) in [6.45, 7) is 2.12. The van der Waals surface area contributed by atoms with Gasteiger partial charge in [0.2, 0.25) is 0 Å². The number of hydrogen-bond donors (Lipinski definition) is 1. The Labute approximate surface area is 95.8 Å². The second-order valence-electron chi connectivity index (χ2n) is 4.26. The molecule has 0 aromatic carbocycles. The Kier molecular flexibility index (Phi) is 3.76. The van der Waals surface area contributed by atoms with Crippen LogP contribution >= 0.6 is 11.8 Å². The maximum absolute atomic E-state index is 5.44. The van der Waals surface area contributed by atoms with E-state index in [1.165, 1.54) is 24.8 Å². The highest BCUT2D eigenvalue weighted by atomic mass is 32.2. The fourth-order valence-electron chi connectivity index (χ4n) is 2.10. The molecule has 15 heavy (non-hydrogen) atoms. The van der Waals surface area contributed by atoms with Gasteiger partial charge in [0, 0.05) is 11.3 Å². The van der Waals surface area contributed by atoms with Gasteiger partial charge in [0.25, 0.3) is 0 Å². The van der Waals surface area contributed by atoms with Crippen molar-refractivity contribution in [3.8, 4) is 0 Å². The van der Waals surface area contributed by atoms with E-state index in [0.29, 0.717) is 0 Å². The maximum atomic E-state index is 5.44. The standard InChI is InChI=1S/C12H19NOS/c1-9-5-6-14-12(9)8-15-11-4-3-10(7-11)13-2/h5-6,10-11,13H,3-4,7-8H2,1-2H3. The van der Waals surface area contributed by atoms with Crippen LogP contribution in [0.15, 0.2) is 16.7 Å². The summed E-state index contributed by atoms with van der Waals surface area (Å²) in [5.41, 5.74) is 1.28.